The van der Waals surface area contributed by atoms with Crippen molar-refractivity contribution in [1.82, 2.24) is 0 Å². The maximum absolute atomic E-state index is 13.4. The summed E-state index contributed by atoms with van der Waals surface area (Å²) in [4.78, 5) is 0. The molecule has 0 bridgehead atoms. The first-order chi connectivity index (χ1) is 8.50. The van der Waals surface area contributed by atoms with Crippen LogP contribution in [0.25, 0.3) is 0 Å². The van der Waals surface area contributed by atoms with E-state index >= 15 is 0 Å². The Hall–Kier alpha value is -0.640. The van der Waals surface area contributed by atoms with Crippen molar-refractivity contribution in [2.75, 3.05) is 7.11 Å². The van der Waals surface area contributed by atoms with Crippen LogP contribution in [-0.4, -0.2) is 18.8 Å². The molecule has 0 aliphatic rings. The molecule has 0 aliphatic heterocycles. The Morgan fingerprint density at radius 2 is 2.00 bits per heavy atom. The zero-order valence-corrected chi connectivity index (χ0v) is 11.9. The number of halogens is 2. The monoisotopic (exact) mass is 273 g/mol. The van der Waals surface area contributed by atoms with Crippen LogP contribution in [0, 0.1) is 5.82 Å². The molecule has 0 amide bonds. The molecule has 0 spiro atoms. The molecule has 0 saturated carbocycles. The fourth-order valence-corrected chi connectivity index (χ4v) is 2.55. The lowest BCUT2D eigenvalue weighted by atomic mass is 9.85. The number of benzene rings is 1. The zero-order valence-electron chi connectivity index (χ0n) is 11.2. The number of ether oxygens (including phenoxy) is 1. The lowest BCUT2D eigenvalue weighted by molar-refractivity contribution is -0.0374. The van der Waals surface area contributed by atoms with E-state index in [1.165, 1.54) is 6.07 Å². The van der Waals surface area contributed by atoms with Gasteiger partial charge in [0.2, 0.25) is 0 Å². The normalized spacial score (nSPS) is 13.7. The maximum atomic E-state index is 13.4. The standard InChI is InChI=1S/C14H21ClFNO/c1-4-14(5-2,18-3)12(17)9-10-7-6-8-11(16)13(10)15/h6-8,12H,4-5,9,17H2,1-3H3. The van der Waals surface area contributed by atoms with Gasteiger partial charge in [-0.1, -0.05) is 37.6 Å². The zero-order chi connectivity index (χ0) is 13.8. The first kappa shape index (κ1) is 15.4. The molecule has 0 radical (unpaired) electrons. The van der Waals surface area contributed by atoms with Crippen LogP contribution in [-0.2, 0) is 11.2 Å². The minimum atomic E-state index is -0.405. The number of hydrogen-bond acceptors (Lipinski definition) is 2. The minimum Gasteiger partial charge on any atom is -0.377 e. The summed E-state index contributed by atoms with van der Waals surface area (Å²) in [7, 11) is 1.67. The van der Waals surface area contributed by atoms with Crippen molar-refractivity contribution >= 4 is 11.6 Å². The lowest BCUT2D eigenvalue weighted by Gasteiger charge is -2.36. The molecule has 1 atom stereocenters. The van der Waals surface area contributed by atoms with E-state index in [0.29, 0.717) is 6.42 Å². The van der Waals surface area contributed by atoms with Crippen molar-refractivity contribution in [3.63, 3.8) is 0 Å². The summed E-state index contributed by atoms with van der Waals surface area (Å²) >= 11 is 5.95. The predicted molar refractivity (Wildman–Crippen MR) is 73.4 cm³/mol. The van der Waals surface area contributed by atoms with Gasteiger partial charge in [-0.15, -0.1) is 0 Å². The summed E-state index contributed by atoms with van der Waals surface area (Å²) in [5, 5.41) is 0.158. The average molecular weight is 274 g/mol. The third kappa shape index (κ3) is 3.02. The summed E-state index contributed by atoms with van der Waals surface area (Å²) in [6.45, 7) is 4.08. The van der Waals surface area contributed by atoms with E-state index in [1.807, 2.05) is 13.8 Å². The highest BCUT2D eigenvalue weighted by Crippen LogP contribution is 2.28. The van der Waals surface area contributed by atoms with E-state index in [0.717, 1.165) is 18.4 Å². The molecule has 0 fully saturated rings. The van der Waals surface area contributed by atoms with E-state index in [1.54, 1.807) is 19.2 Å². The largest absolute Gasteiger partial charge is 0.377 e. The van der Waals surface area contributed by atoms with Gasteiger partial charge in [0.15, 0.2) is 0 Å². The van der Waals surface area contributed by atoms with Crippen molar-refractivity contribution in [3.05, 3.63) is 34.6 Å². The Labute approximate surface area is 113 Å². The van der Waals surface area contributed by atoms with Crippen LogP contribution in [0.15, 0.2) is 18.2 Å². The molecular weight excluding hydrogens is 253 g/mol. The van der Waals surface area contributed by atoms with Gasteiger partial charge in [0.1, 0.15) is 5.82 Å². The van der Waals surface area contributed by atoms with Gasteiger partial charge in [-0.05, 0) is 30.9 Å². The van der Waals surface area contributed by atoms with Gasteiger partial charge in [-0.3, -0.25) is 0 Å². The van der Waals surface area contributed by atoms with Gasteiger partial charge in [0.05, 0.1) is 10.6 Å². The summed E-state index contributed by atoms with van der Waals surface area (Å²) < 4.78 is 18.9. The van der Waals surface area contributed by atoms with E-state index in [4.69, 9.17) is 22.1 Å². The molecule has 0 aliphatic carbocycles. The van der Waals surface area contributed by atoms with E-state index in [-0.39, 0.29) is 16.7 Å². The van der Waals surface area contributed by atoms with Crippen molar-refractivity contribution < 1.29 is 9.13 Å². The molecular formula is C14H21ClFNO. The molecule has 0 saturated heterocycles. The summed E-state index contributed by atoms with van der Waals surface area (Å²) in [6.07, 6.45) is 2.13. The predicted octanol–water partition coefficient (Wildman–Crippen LogP) is 3.55. The van der Waals surface area contributed by atoms with Gasteiger partial charge in [-0.2, -0.15) is 0 Å². The Bertz CT molecular complexity index is 385. The van der Waals surface area contributed by atoms with Crippen molar-refractivity contribution in [3.8, 4) is 0 Å². The lowest BCUT2D eigenvalue weighted by Crippen LogP contribution is -2.50. The highest BCUT2D eigenvalue weighted by Gasteiger charge is 2.33. The third-order valence-electron chi connectivity index (χ3n) is 3.75. The molecule has 0 aromatic heterocycles. The minimum absolute atomic E-state index is 0.158. The van der Waals surface area contributed by atoms with Gasteiger partial charge >= 0.3 is 0 Å². The quantitative estimate of drug-likeness (QED) is 0.860. The molecule has 1 unspecified atom stereocenters. The fourth-order valence-electron chi connectivity index (χ4n) is 2.34. The van der Waals surface area contributed by atoms with Crippen molar-refractivity contribution in [2.45, 2.75) is 44.8 Å². The van der Waals surface area contributed by atoms with Gasteiger partial charge in [0.25, 0.3) is 0 Å². The molecule has 1 rings (SSSR count). The second-order valence-electron chi connectivity index (χ2n) is 4.50. The molecule has 0 heterocycles. The second-order valence-corrected chi connectivity index (χ2v) is 4.88. The smallest absolute Gasteiger partial charge is 0.142 e. The van der Waals surface area contributed by atoms with Crippen LogP contribution in [0.1, 0.15) is 32.3 Å². The highest BCUT2D eigenvalue weighted by atomic mass is 35.5. The Balaban J connectivity index is 2.92. The van der Waals surface area contributed by atoms with E-state index < -0.39 is 5.82 Å². The fraction of sp³-hybridized carbons (Fsp3) is 0.571. The van der Waals surface area contributed by atoms with Gasteiger partial charge < -0.3 is 10.5 Å². The van der Waals surface area contributed by atoms with Gasteiger partial charge in [0, 0.05) is 13.2 Å². The van der Waals surface area contributed by atoms with E-state index in [2.05, 4.69) is 0 Å². The van der Waals surface area contributed by atoms with Crippen LogP contribution >= 0.6 is 11.6 Å². The number of rotatable bonds is 6. The van der Waals surface area contributed by atoms with E-state index in [9.17, 15) is 4.39 Å². The van der Waals surface area contributed by atoms with Crippen LogP contribution in [0.5, 0.6) is 0 Å². The number of methoxy groups -OCH3 is 1. The molecule has 102 valence electrons. The summed E-state index contributed by atoms with van der Waals surface area (Å²) in [5.74, 6) is -0.405. The summed E-state index contributed by atoms with van der Waals surface area (Å²) in [6, 6.07) is 4.59. The summed E-state index contributed by atoms with van der Waals surface area (Å²) in [5.41, 5.74) is 6.58. The topological polar surface area (TPSA) is 35.2 Å². The number of hydrogen-bond donors (Lipinski definition) is 1. The SMILES string of the molecule is CCC(CC)(OC)C(N)Cc1cccc(F)c1Cl. The Morgan fingerprint density at radius 1 is 1.39 bits per heavy atom. The molecule has 4 heteroatoms. The van der Waals surface area contributed by atoms with Crippen molar-refractivity contribution in [1.29, 1.82) is 0 Å². The molecule has 2 N–H and O–H groups in total. The average Bonchev–Trinajstić information content (AvgIpc) is 2.38. The van der Waals surface area contributed by atoms with Gasteiger partial charge in [-0.25, -0.2) is 4.39 Å². The molecule has 1 aromatic rings. The second kappa shape index (κ2) is 6.50. The first-order valence-electron chi connectivity index (χ1n) is 6.24. The number of nitrogens with two attached hydrogens (primary N) is 1. The molecule has 18 heavy (non-hydrogen) atoms. The van der Waals surface area contributed by atoms with Crippen LogP contribution in [0.3, 0.4) is 0 Å². The van der Waals surface area contributed by atoms with Crippen LogP contribution < -0.4 is 5.73 Å². The van der Waals surface area contributed by atoms with Crippen LogP contribution in [0.4, 0.5) is 4.39 Å². The first-order valence-corrected chi connectivity index (χ1v) is 6.62. The Morgan fingerprint density at radius 3 is 2.50 bits per heavy atom. The third-order valence-corrected chi connectivity index (χ3v) is 4.17. The van der Waals surface area contributed by atoms with Crippen LogP contribution in [0.2, 0.25) is 5.02 Å². The maximum Gasteiger partial charge on any atom is 0.142 e. The highest BCUT2D eigenvalue weighted by molar-refractivity contribution is 6.31. The molecule has 2 nitrogen and oxygen atoms in total. The molecule has 1 aromatic carbocycles. The van der Waals surface area contributed by atoms with Crippen molar-refractivity contribution in [2.24, 2.45) is 5.73 Å². The Kier molecular flexibility index (Phi) is 5.57.